The van der Waals surface area contributed by atoms with Gasteiger partial charge in [-0.25, -0.2) is 0 Å². The van der Waals surface area contributed by atoms with Crippen molar-refractivity contribution in [3.63, 3.8) is 0 Å². The lowest BCUT2D eigenvalue weighted by atomic mass is 9.83. The summed E-state index contributed by atoms with van der Waals surface area (Å²) < 4.78 is 0. The number of hydrogen-bond acceptors (Lipinski definition) is 2. The van der Waals surface area contributed by atoms with Crippen LogP contribution in [-0.4, -0.2) is 10.9 Å². The molecule has 0 saturated carbocycles. The molecule has 1 aliphatic rings. The van der Waals surface area contributed by atoms with Gasteiger partial charge in [0.2, 0.25) is 5.78 Å². The molecule has 3 aromatic carbocycles. The molecule has 0 unspecified atom stereocenters. The van der Waals surface area contributed by atoms with Gasteiger partial charge in [0.25, 0.3) is 0 Å². The first-order chi connectivity index (χ1) is 11.9. The highest BCUT2D eigenvalue weighted by molar-refractivity contribution is 6.09. The zero-order chi connectivity index (χ0) is 17.8. The summed E-state index contributed by atoms with van der Waals surface area (Å²) in [6.45, 7) is 6.03. The van der Waals surface area contributed by atoms with Gasteiger partial charge in [-0.05, 0) is 31.9 Å². The lowest BCUT2D eigenvalue weighted by molar-refractivity contribution is 0.0505. The number of carbonyl (C=O) groups excluding carboxylic acids is 1. The van der Waals surface area contributed by atoms with Gasteiger partial charge in [-0.3, -0.25) is 4.79 Å². The number of aryl methyl sites for hydroxylation is 3. The summed E-state index contributed by atoms with van der Waals surface area (Å²) >= 11 is 0. The van der Waals surface area contributed by atoms with E-state index in [1.807, 2.05) is 69.3 Å². The molecule has 1 aliphatic carbocycles. The van der Waals surface area contributed by atoms with Crippen LogP contribution in [0, 0.1) is 20.8 Å². The normalized spacial score (nSPS) is 14.1. The molecule has 124 valence electrons. The summed E-state index contributed by atoms with van der Waals surface area (Å²) in [5.74, 6) is -0.278. The van der Waals surface area contributed by atoms with Crippen LogP contribution in [0.25, 0.3) is 11.1 Å². The Labute approximate surface area is 147 Å². The monoisotopic (exact) mass is 328 g/mol. The van der Waals surface area contributed by atoms with Crippen molar-refractivity contribution in [2.24, 2.45) is 0 Å². The smallest absolute Gasteiger partial charge is 0.203 e. The second kappa shape index (κ2) is 5.40. The molecule has 0 amide bonds. The lowest BCUT2D eigenvalue weighted by Gasteiger charge is -2.24. The number of aliphatic hydroxyl groups is 1. The van der Waals surface area contributed by atoms with Gasteiger partial charge in [-0.1, -0.05) is 77.4 Å². The average Bonchev–Trinajstić information content (AvgIpc) is 2.84. The van der Waals surface area contributed by atoms with Crippen molar-refractivity contribution in [1.29, 1.82) is 0 Å². The average molecular weight is 328 g/mol. The molecule has 0 saturated heterocycles. The van der Waals surface area contributed by atoms with Crippen molar-refractivity contribution >= 4 is 5.78 Å². The summed E-state index contributed by atoms with van der Waals surface area (Å²) in [7, 11) is 0. The third kappa shape index (κ3) is 2.25. The van der Waals surface area contributed by atoms with E-state index in [1.54, 1.807) is 12.1 Å². The summed E-state index contributed by atoms with van der Waals surface area (Å²) in [5, 5.41) is 11.6. The van der Waals surface area contributed by atoms with Gasteiger partial charge in [0.15, 0.2) is 5.60 Å². The number of carbonyl (C=O) groups is 1. The van der Waals surface area contributed by atoms with Crippen molar-refractivity contribution in [2.45, 2.75) is 26.4 Å². The third-order valence-corrected chi connectivity index (χ3v) is 5.06. The molecule has 0 heterocycles. The number of ketones is 1. The Morgan fingerprint density at radius 1 is 0.720 bits per heavy atom. The maximum absolute atomic E-state index is 13.3. The molecule has 2 heteroatoms. The summed E-state index contributed by atoms with van der Waals surface area (Å²) in [6.07, 6.45) is 0. The highest BCUT2D eigenvalue weighted by atomic mass is 16.3. The van der Waals surface area contributed by atoms with Crippen LogP contribution in [0.4, 0.5) is 0 Å². The Hall–Kier alpha value is -2.71. The van der Waals surface area contributed by atoms with Crippen LogP contribution in [0.5, 0.6) is 0 Å². The van der Waals surface area contributed by atoms with Crippen LogP contribution in [-0.2, 0) is 5.60 Å². The highest BCUT2D eigenvalue weighted by Crippen LogP contribution is 2.49. The Morgan fingerprint density at radius 3 is 1.64 bits per heavy atom. The van der Waals surface area contributed by atoms with Crippen LogP contribution in [0.3, 0.4) is 0 Å². The van der Waals surface area contributed by atoms with Gasteiger partial charge in [0.05, 0.1) is 0 Å². The van der Waals surface area contributed by atoms with Gasteiger partial charge in [-0.2, -0.15) is 0 Å². The number of Topliss-reactive ketones (excluding diaryl/α,β-unsaturated/α-hetero) is 1. The van der Waals surface area contributed by atoms with Crippen LogP contribution < -0.4 is 0 Å². The SMILES string of the molecule is Cc1ccc(C(=O)C2(O)c3ccc(C)cc3-c3cc(C)ccc32)cc1. The molecule has 4 rings (SSSR count). The topological polar surface area (TPSA) is 37.3 Å². The molecule has 0 aliphatic heterocycles. The van der Waals surface area contributed by atoms with E-state index in [9.17, 15) is 9.90 Å². The molecule has 0 bridgehead atoms. The van der Waals surface area contributed by atoms with E-state index in [0.717, 1.165) is 27.8 Å². The zero-order valence-electron chi connectivity index (χ0n) is 14.6. The lowest BCUT2D eigenvalue weighted by Crippen LogP contribution is -2.35. The van der Waals surface area contributed by atoms with Gasteiger partial charge in [0.1, 0.15) is 0 Å². The first kappa shape index (κ1) is 15.8. The molecule has 3 aromatic rings. The summed E-state index contributed by atoms with van der Waals surface area (Å²) in [4.78, 5) is 13.3. The van der Waals surface area contributed by atoms with E-state index in [4.69, 9.17) is 0 Å². The largest absolute Gasteiger partial charge is 0.373 e. The Bertz CT molecular complexity index is 946. The van der Waals surface area contributed by atoms with Crippen LogP contribution in [0.2, 0.25) is 0 Å². The second-order valence-corrected chi connectivity index (χ2v) is 7.00. The minimum Gasteiger partial charge on any atom is -0.373 e. The maximum atomic E-state index is 13.3. The van der Waals surface area contributed by atoms with Crippen molar-refractivity contribution in [3.8, 4) is 11.1 Å². The first-order valence-electron chi connectivity index (χ1n) is 8.48. The fourth-order valence-corrected chi connectivity index (χ4v) is 3.70. The fraction of sp³-hybridized carbons (Fsp3) is 0.174. The van der Waals surface area contributed by atoms with E-state index in [0.29, 0.717) is 16.7 Å². The number of hydrogen-bond donors (Lipinski definition) is 1. The molecule has 0 spiro atoms. The standard InChI is InChI=1S/C23H20O2/c1-14-4-8-17(9-5-14)22(24)23(25)20-10-6-15(2)12-18(20)19-13-16(3)7-11-21(19)23/h4-13,25H,1-3H3. The van der Waals surface area contributed by atoms with Gasteiger partial charge >= 0.3 is 0 Å². The van der Waals surface area contributed by atoms with Gasteiger partial charge in [0, 0.05) is 16.7 Å². The zero-order valence-corrected chi connectivity index (χ0v) is 14.6. The Morgan fingerprint density at radius 2 is 1.16 bits per heavy atom. The van der Waals surface area contributed by atoms with Crippen molar-refractivity contribution in [3.05, 3.63) is 94.0 Å². The second-order valence-electron chi connectivity index (χ2n) is 7.00. The molecule has 0 radical (unpaired) electrons. The molecular formula is C23H20O2. The first-order valence-corrected chi connectivity index (χ1v) is 8.48. The van der Waals surface area contributed by atoms with E-state index >= 15 is 0 Å². The van der Waals surface area contributed by atoms with E-state index in [2.05, 4.69) is 0 Å². The van der Waals surface area contributed by atoms with Crippen molar-refractivity contribution < 1.29 is 9.90 Å². The third-order valence-electron chi connectivity index (χ3n) is 5.06. The number of fused-ring (bicyclic) bond motifs is 3. The molecular weight excluding hydrogens is 308 g/mol. The molecule has 1 N–H and O–H groups in total. The summed E-state index contributed by atoms with van der Waals surface area (Å²) in [6, 6.07) is 19.1. The van der Waals surface area contributed by atoms with Crippen LogP contribution >= 0.6 is 0 Å². The van der Waals surface area contributed by atoms with Gasteiger partial charge in [-0.15, -0.1) is 0 Å². The molecule has 2 nitrogen and oxygen atoms in total. The number of rotatable bonds is 2. The predicted molar refractivity (Wildman–Crippen MR) is 99.9 cm³/mol. The van der Waals surface area contributed by atoms with Gasteiger partial charge < -0.3 is 5.11 Å². The molecule has 25 heavy (non-hydrogen) atoms. The Balaban J connectivity index is 1.98. The number of benzene rings is 3. The maximum Gasteiger partial charge on any atom is 0.203 e. The fourth-order valence-electron chi connectivity index (χ4n) is 3.70. The minimum absolute atomic E-state index is 0.278. The quantitative estimate of drug-likeness (QED) is 0.692. The van der Waals surface area contributed by atoms with Crippen LogP contribution in [0.15, 0.2) is 60.7 Å². The molecule has 0 fully saturated rings. The van der Waals surface area contributed by atoms with E-state index in [1.165, 1.54) is 0 Å². The molecule has 0 aromatic heterocycles. The van der Waals surface area contributed by atoms with E-state index < -0.39 is 5.60 Å². The van der Waals surface area contributed by atoms with E-state index in [-0.39, 0.29) is 5.78 Å². The predicted octanol–water partition coefficient (Wildman–Crippen LogP) is 4.71. The Kier molecular flexibility index (Phi) is 3.41. The minimum atomic E-state index is -1.64. The summed E-state index contributed by atoms with van der Waals surface area (Å²) in [5.41, 5.74) is 5.42. The van der Waals surface area contributed by atoms with Crippen molar-refractivity contribution in [1.82, 2.24) is 0 Å². The molecule has 0 atom stereocenters. The highest BCUT2D eigenvalue weighted by Gasteiger charge is 2.47. The van der Waals surface area contributed by atoms with Crippen LogP contribution in [0.1, 0.15) is 38.2 Å². The van der Waals surface area contributed by atoms with Crippen molar-refractivity contribution in [2.75, 3.05) is 0 Å².